The number of carbonyl (C=O) groups is 2. The summed E-state index contributed by atoms with van der Waals surface area (Å²) in [5.41, 5.74) is 0.826. The fourth-order valence-electron chi connectivity index (χ4n) is 1.28. The average Bonchev–Trinajstić information content (AvgIpc) is 2.28. The molecule has 1 aromatic carbocycles. The van der Waals surface area contributed by atoms with E-state index in [0.29, 0.717) is 11.3 Å². The maximum atomic E-state index is 11.6. The van der Waals surface area contributed by atoms with E-state index in [1.54, 1.807) is 38.1 Å². The van der Waals surface area contributed by atoms with Crippen molar-refractivity contribution in [3.8, 4) is 6.07 Å². The van der Waals surface area contributed by atoms with Crippen LogP contribution >= 0.6 is 0 Å². The van der Waals surface area contributed by atoms with Crippen LogP contribution in [0.15, 0.2) is 24.3 Å². The molecule has 1 N–H and O–H groups in total. The minimum absolute atomic E-state index is 0.200. The molecule has 0 saturated carbocycles. The van der Waals surface area contributed by atoms with E-state index in [4.69, 9.17) is 10.00 Å². The second kappa shape index (κ2) is 6.40. The third kappa shape index (κ3) is 4.26. The monoisotopic (exact) mass is 246 g/mol. The van der Waals surface area contributed by atoms with Crippen LogP contribution in [0.4, 0.5) is 5.69 Å². The highest BCUT2D eigenvalue weighted by Crippen LogP contribution is 2.12. The number of rotatable bonds is 4. The number of hydrogen-bond donors (Lipinski definition) is 1. The highest BCUT2D eigenvalue weighted by molar-refractivity contribution is 5.95. The van der Waals surface area contributed by atoms with Crippen molar-refractivity contribution >= 4 is 17.6 Å². The lowest BCUT2D eigenvalue weighted by Crippen LogP contribution is -2.13. The highest BCUT2D eigenvalue weighted by atomic mass is 16.5. The Balaban J connectivity index is 2.77. The molecule has 0 aliphatic heterocycles. The molecule has 18 heavy (non-hydrogen) atoms. The van der Waals surface area contributed by atoms with Gasteiger partial charge in [-0.2, -0.15) is 5.26 Å². The van der Waals surface area contributed by atoms with Crippen molar-refractivity contribution in [3.63, 3.8) is 0 Å². The first-order chi connectivity index (χ1) is 8.52. The fraction of sp³-hybridized carbons (Fsp3) is 0.308. The normalized spacial score (nSPS) is 9.67. The van der Waals surface area contributed by atoms with Gasteiger partial charge < -0.3 is 10.1 Å². The SMILES string of the molecule is CC(C)OC(=O)c1cccc(NC(=O)CC#N)c1. The van der Waals surface area contributed by atoms with Crippen LogP contribution in [0.5, 0.6) is 0 Å². The van der Waals surface area contributed by atoms with Crippen molar-refractivity contribution in [3.05, 3.63) is 29.8 Å². The molecule has 0 saturated heterocycles. The predicted octanol–water partition coefficient (Wildman–Crippen LogP) is 2.10. The third-order valence-electron chi connectivity index (χ3n) is 1.96. The number of hydrogen-bond acceptors (Lipinski definition) is 4. The molecule has 0 aromatic heterocycles. The first-order valence-corrected chi connectivity index (χ1v) is 5.50. The van der Waals surface area contributed by atoms with Gasteiger partial charge in [-0.3, -0.25) is 4.79 Å². The van der Waals surface area contributed by atoms with E-state index >= 15 is 0 Å². The van der Waals surface area contributed by atoms with E-state index in [-0.39, 0.29) is 12.5 Å². The zero-order chi connectivity index (χ0) is 13.5. The molecule has 94 valence electrons. The number of ether oxygens (including phenoxy) is 1. The van der Waals surface area contributed by atoms with Crippen LogP contribution in [0, 0.1) is 11.3 Å². The minimum atomic E-state index is -0.443. The summed E-state index contributed by atoms with van der Waals surface area (Å²) < 4.78 is 5.04. The number of carbonyl (C=O) groups excluding carboxylic acids is 2. The van der Waals surface area contributed by atoms with Crippen molar-refractivity contribution in [1.29, 1.82) is 5.26 Å². The molecule has 1 rings (SSSR count). The Morgan fingerprint density at radius 1 is 1.44 bits per heavy atom. The van der Waals surface area contributed by atoms with Gasteiger partial charge in [-0.1, -0.05) is 6.07 Å². The van der Waals surface area contributed by atoms with Gasteiger partial charge in [0.25, 0.3) is 0 Å². The molecule has 0 unspecified atom stereocenters. The van der Waals surface area contributed by atoms with Crippen molar-refractivity contribution in [2.24, 2.45) is 0 Å². The molecule has 1 aromatic rings. The van der Waals surface area contributed by atoms with Gasteiger partial charge in [0.2, 0.25) is 5.91 Å². The Hall–Kier alpha value is -2.35. The van der Waals surface area contributed by atoms with E-state index in [1.807, 2.05) is 0 Å². The lowest BCUT2D eigenvalue weighted by molar-refractivity contribution is -0.115. The van der Waals surface area contributed by atoms with Gasteiger partial charge in [0.1, 0.15) is 6.42 Å². The summed E-state index contributed by atoms with van der Waals surface area (Å²) in [6, 6.07) is 8.14. The molecular weight excluding hydrogens is 232 g/mol. The standard InChI is InChI=1S/C13H14N2O3/c1-9(2)18-13(17)10-4-3-5-11(8-10)15-12(16)6-7-14/h3-5,8-9H,6H2,1-2H3,(H,15,16). The number of nitriles is 1. The van der Waals surface area contributed by atoms with Crippen molar-refractivity contribution in [2.75, 3.05) is 5.32 Å². The Morgan fingerprint density at radius 2 is 2.17 bits per heavy atom. The Labute approximate surface area is 105 Å². The Bertz CT molecular complexity index is 489. The molecule has 0 radical (unpaired) electrons. The number of esters is 1. The van der Waals surface area contributed by atoms with Crippen molar-refractivity contribution in [1.82, 2.24) is 0 Å². The fourth-order valence-corrected chi connectivity index (χ4v) is 1.28. The lowest BCUT2D eigenvalue weighted by atomic mass is 10.2. The topological polar surface area (TPSA) is 79.2 Å². The van der Waals surface area contributed by atoms with Crippen LogP contribution in [0.1, 0.15) is 30.6 Å². The van der Waals surface area contributed by atoms with Gasteiger partial charge >= 0.3 is 5.97 Å². The maximum absolute atomic E-state index is 11.6. The second-order valence-corrected chi connectivity index (χ2v) is 3.92. The van der Waals surface area contributed by atoms with E-state index in [9.17, 15) is 9.59 Å². The Morgan fingerprint density at radius 3 is 2.78 bits per heavy atom. The van der Waals surface area contributed by atoms with E-state index in [1.165, 1.54) is 6.07 Å². The van der Waals surface area contributed by atoms with Crippen LogP contribution in [-0.4, -0.2) is 18.0 Å². The number of anilines is 1. The summed E-state index contributed by atoms with van der Waals surface area (Å²) in [6.45, 7) is 3.52. The van der Waals surface area contributed by atoms with E-state index in [2.05, 4.69) is 5.32 Å². The Kier molecular flexibility index (Phi) is 4.88. The smallest absolute Gasteiger partial charge is 0.338 e. The molecular formula is C13H14N2O3. The summed E-state index contributed by atoms with van der Waals surface area (Å²) >= 11 is 0. The van der Waals surface area contributed by atoms with Gasteiger partial charge in [-0.05, 0) is 32.0 Å². The summed E-state index contributed by atoms with van der Waals surface area (Å²) in [7, 11) is 0. The quantitative estimate of drug-likeness (QED) is 0.825. The van der Waals surface area contributed by atoms with Gasteiger partial charge in [-0.15, -0.1) is 0 Å². The number of amides is 1. The molecule has 5 heteroatoms. The minimum Gasteiger partial charge on any atom is -0.459 e. The summed E-state index contributed by atoms with van der Waals surface area (Å²) in [4.78, 5) is 22.9. The van der Waals surface area contributed by atoms with Crippen LogP contribution in [0.3, 0.4) is 0 Å². The van der Waals surface area contributed by atoms with Gasteiger partial charge in [0, 0.05) is 5.69 Å². The highest BCUT2D eigenvalue weighted by Gasteiger charge is 2.10. The zero-order valence-electron chi connectivity index (χ0n) is 10.3. The maximum Gasteiger partial charge on any atom is 0.338 e. The number of benzene rings is 1. The lowest BCUT2D eigenvalue weighted by Gasteiger charge is -2.09. The van der Waals surface area contributed by atoms with Gasteiger partial charge in [0.05, 0.1) is 17.7 Å². The summed E-state index contributed by atoms with van der Waals surface area (Å²) in [5.74, 6) is -0.853. The van der Waals surface area contributed by atoms with Gasteiger partial charge in [0.15, 0.2) is 0 Å². The predicted molar refractivity (Wildman–Crippen MR) is 65.9 cm³/mol. The molecule has 0 aliphatic carbocycles. The van der Waals surface area contributed by atoms with Crippen molar-refractivity contribution in [2.45, 2.75) is 26.4 Å². The van der Waals surface area contributed by atoms with Crippen LogP contribution < -0.4 is 5.32 Å². The molecule has 1 amide bonds. The first kappa shape index (κ1) is 13.7. The number of nitrogens with one attached hydrogen (secondary N) is 1. The molecule has 0 aliphatic rings. The molecule has 0 spiro atoms. The molecule has 0 fully saturated rings. The average molecular weight is 246 g/mol. The molecule has 0 bridgehead atoms. The van der Waals surface area contributed by atoms with Crippen LogP contribution in [0.2, 0.25) is 0 Å². The first-order valence-electron chi connectivity index (χ1n) is 5.50. The zero-order valence-corrected chi connectivity index (χ0v) is 10.3. The summed E-state index contributed by atoms with van der Waals surface area (Å²) in [5, 5.41) is 10.9. The molecule has 0 atom stereocenters. The largest absolute Gasteiger partial charge is 0.459 e. The third-order valence-corrected chi connectivity index (χ3v) is 1.96. The van der Waals surface area contributed by atoms with E-state index in [0.717, 1.165) is 0 Å². The molecule has 0 heterocycles. The van der Waals surface area contributed by atoms with Crippen molar-refractivity contribution < 1.29 is 14.3 Å². The summed E-state index contributed by atoms with van der Waals surface area (Å²) in [6.07, 6.45) is -0.421. The van der Waals surface area contributed by atoms with Crippen LogP contribution in [-0.2, 0) is 9.53 Å². The molecule has 5 nitrogen and oxygen atoms in total. The number of nitrogens with zero attached hydrogens (tertiary/aromatic N) is 1. The second-order valence-electron chi connectivity index (χ2n) is 3.92. The van der Waals surface area contributed by atoms with Crippen LogP contribution in [0.25, 0.3) is 0 Å². The van der Waals surface area contributed by atoms with E-state index < -0.39 is 11.9 Å². The van der Waals surface area contributed by atoms with Gasteiger partial charge in [-0.25, -0.2) is 4.79 Å².